The summed E-state index contributed by atoms with van der Waals surface area (Å²) >= 11 is 0. The van der Waals surface area contributed by atoms with E-state index >= 15 is 0 Å². The van der Waals surface area contributed by atoms with Gasteiger partial charge in [0.15, 0.2) is 0 Å². The van der Waals surface area contributed by atoms with Crippen molar-refractivity contribution in [3.8, 4) is 79.4 Å². The van der Waals surface area contributed by atoms with Gasteiger partial charge in [-0.15, -0.1) is 31.9 Å². The molecule has 4 aliphatic carbocycles. The van der Waals surface area contributed by atoms with Crippen molar-refractivity contribution in [1.29, 1.82) is 17.9 Å². The molecular weight excluding hydrogens is 1350 g/mol. The summed E-state index contributed by atoms with van der Waals surface area (Å²) in [4.78, 5) is 57.0. The summed E-state index contributed by atoms with van der Waals surface area (Å²) in [6.07, 6.45) is 2.84. The molecule has 4 N–H and O–H groups in total. The van der Waals surface area contributed by atoms with Crippen LogP contribution in [0.2, 0.25) is 6.82 Å². The Morgan fingerprint density at radius 2 is 0.611 bits per heavy atom. The van der Waals surface area contributed by atoms with Crippen molar-refractivity contribution in [3.05, 3.63) is 281 Å². The molecule has 0 bridgehead atoms. The first-order valence-corrected chi connectivity index (χ1v) is 35.6. The van der Waals surface area contributed by atoms with Crippen molar-refractivity contribution < 1.29 is 24.2 Å². The van der Waals surface area contributed by atoms with Gasteiger partial charge in [0.2, 0.25) is 0 Å². The molecule has 548 valence electrons. The molecule has 0 aliphatic heterocycles. The van der Waals surface area contributed by atoms with Gasteiger partial charge in [-0.05, 0) is 114 Å². The third-order valence-electron chi connectivity index (χ3n) is 19.1. The van der Waals surface area contributed by atoms with Crippen LogP contribution in [-0.2, 0) is 66.0 Å². The van der Waals surface area contributed by atoms with E-state index in [-0.39, 0.29) is 64.7 Å². The van der Waals surface area contributed by atoms with E-state index in [1.54, 1.807) is 14.7 Å². The van der Waals surface area contributed by atoms with Gasteiger partial charge in [-0.1, -0.05) is 272 Å². The number of Topliss-reactive ketones (excluding diaryl/α,β-unsaturated/α-hetero) is 4. The summed E-state index contributed by atoms with van der Waals surface area (Å²) in [5.74, 6) is 7.03. The van der Waals surface area contributed by atoms with Crippen molar-refractivity contribution in [2.45, 2.75) is 112 Å². The first kappa shape index (κ1) is 79.5. The number of carbonyl (C=O) groups excluding carboxylic acids is 4. The SMILES string of the molecule is CC(C)C(=O)C1Cc2ccccc2-c2c(nnn2C)-c2ccccc21.CC(C)C(=O)C1Cc2ccccc2-c2c(nnn2C)-c2ccccc21.CC(C)C(=O)C1Cc2ccccc2-c2c(nnn2C)-c2ccccc21.CC(C)C(=O)C1Cc2ccccc2C#Cc2ccccc21.[2H]B(C)O.[N-]=[N+]=N.[N-]=[N+]=N.[N-]=[N+]=N. The Morgan fingerprint density at radius 1 is 0.398 bits per heavy atom. The molecule has 23 nitrogen and oxygen atoms in total. The van der Waals surface area contributed by atoms with Crippen molar-refractivity contribution in [2.75, 3.05) is 0 Å². The van der Waals surface area contributed by atoms with Crippen LogP contribution < -0.4 is 0 Å². The lowest BCUT2D eigenvalue weighted by atomic mass is 9.78. The first-order chi connectivity index (χ1) is 52.4. The zero-order chi connectivity index (χ0) is 79.2. The van der Waals surface area contributed by atoms with Crippen LogP contribution in [0, 0.1) is 52.1 Å². The van der Waals surface area contributed by atoms with Gasteiger partial charge >= 0.3 is 0 Å². The third-order valence-corrected chi connectivity index (χ3v) is 19.1. The van der Waals surface area contributed by atoms with Crippen LogP contribution >= 0.6 is 0 Å². The minimum absolute atomic E-state index is 0.00836. The van der Waals surface area contributed by atoms with Gasteiger partial charge in [-0.3, -0.25) is 19.2 Å². The minimum atomic E-state index is -0.917. The van der Waals surface area contributed by atoms with E-state index in [4.69, 9.17) is 39.5 Å². The fraction of sp³-hybridized carbons (Fsp3) is 0.286. The summed E-state index contributed by atoms with van der Waals surface area (Å²) in [5, 5.41) is 33.8. The number of nitrogens with one attached hydrogen (secondary N) is 3. The van der Waals surface area contributed by atoms with E-state index in [0.717, 1.165) is 107 Å². The van der Waals surface area contributed by atoms with Crippen LogP contribution in [-0.4, -0.2) is 81.9 Å². The third kappa shape index (κ3) is 18.5. The fourth-order valence-corrected chi connectivity index (χ4v) is 14.2. The largest absolute Gasteiger partial charge is 0.454 e. The molecule has 8 aromatic carbocycles. The summed E-state index contributed by atoms with van der Waals surface area (Å²) in [6.45, 7) is 17.2. The van der Waals surface area contributed by atoms with Crippen molar-refractivity contribution in [1.82, 2.24) is 45.0 Å². The molecule has 15 rings (SSSR count). The number of benzene rings is 8. The highest BCUT2D eigenvalue weighted by atomic mass is 16.2. The van der Waals surface area contributed by atoms with Crippen LogP contribution in [0.4, 0.5) is 0 Å². The summed E-state index contributed by atoms with van der Waals surface area (Å²) < 4.78 is 11.6. The van der Waals surface area contributed by atoms with E-state index in [1.165, 1.54) is 29.1 Å². The second kappa shape index (κ2) is 38.4. The Bertz CT molecular complexity index is 4830. The molecule has 4 aliphatic rings. The predicted molar refractivity (Wildman–Crippen MR) is 423 cm³/mol. The van der Waals surface area contributed by atoms with Crippen molar-refractivity contribution in [2.24, 2.45) is 44.8 Å². The van der Waals surface area contributed by atoms with E-state index < -0.39 is 7.45 Å². The van der Waals surface area contributed by atoms with Gasteiger partial charge < -0.3 is 5.02 Å². The van der Waals surface area contributed by atoms with E-state index in [9.17, 15) is 19.2 Å². The van der Waals surface area contributed by atoms with Crippen LogP contribution in [0.15, 0.2) is 194 Å². The average Bonchev–Trinajstić information content (AvgIpc) is 1.70. The molecule has 4 unspecified atom stereocenters. The Labute approximate surface area is 631 Å². The van der Waals surface area contributed by atoms with Crippen LogP contribution in [0.1, 0.15) is 135 Å². The standard InChI is InChI=1S/3C21H21N3O.C20H18O.CH5BO.3HN3/c3*1-13(2)21(25)18-12-14-8-4-5-9-15(14)20-19(22-23-24(20)3)17-11-7-6-10-16(17)18;1-14(2)20(21)19-13-17-9-4-3-7-15(17)11-12-16-8-5-6-10-18(16)19;1-2-3;3*1-3-2/h3*4-11,13,18H,12H2,1-3H3;3-10,14,19H,13H2,1-2H3;2-3H,1H3;3*1H/i;;;;2D;;;. The lowest BCUT2D eigenvalue weighted by Crippen LogP contribution is -2.22. The summed E-state index contributed by atoms with van der Waals surface area (Å²) in [5.41, 5.74) is 59.6. The molecule has 11 aromatic rings. The quantitative estimate of drug-likeness (QED) is 0.0364. The molecule has 24 heteroatoms. The van der Waals surface area contributed by atoms with Crippen LogP contribution in [0.5, 0.6) is 0 Å². The van der Waals surface area contributed by atoms with Gasteiger partial charge in [0.1, 0.15) is 40.2 Å². The smallest absolute Gasteiger partial charge is 0.267 e. The van der Waals surface area contributed by atoms with Crippen molar-refractivity contribution in [3.63, 3.8) is 0 Å². The molecule has 4 atom stereocenters. The van der Waals surface area contributed by atoms with Gasteiger partial charge in [-0.25, -0.2) is 14.0 Å². The fourth-order valence-electron chi connectivity index (χ4n) is 14.2. The summed E-state index contributed by atoms with van der Waals surface area (Å²) in [6, 6.07) is 65.4. The molecule has 0 fully saturated rings. The second-order valence-corrected chi connectivity index (χ2v) is 27.3. The molecule has 0 saturated carbocycles. The van der Waals surface area contributed by atoms with E-state index in [1.807, 2.05) is 206 Å². The van der Waals surface area contributed by atoms with Crippen molar-refractivity contribution >= 4 is 30.6 Å². The zero-order valence-corrected chi connectivity index (χ0v) is 62.8. The van der Waals surface area contributed by atoms with E-state index in [2.05, 4.69) is 122 Å². The molecular formula is C84H89BN18O5. The molecule has 3 aromatic heterocycles. The van der Waals surface area contributed by atoms with Gasteiger partial charge in [0, 0.05) is 114 Å². The number of fused-ring (bicyclic) bond motifs is 17. The number of hydrogen-bond donors (Lipinski definition) is 4. The molecule has 0 saturated heterocycles. The number of rotatable bonds is 8. The van der Waals surface area contributed by atoms with Gasteiger partial charge in [0.25, 0.3) is 7.45 Å². The van der Waals surface area contributed by atoms with E-state index in [0.29, 0.717) is 25.0 Å². The summed E-state index contributed by atoms with van der Waals surface area (Å²) in [7, 11) is 4.84. The molecule has 0 amide bonds. The monoisotopic (exact) mass is 1440 g/mol. The van der Waals surface area contributed by atoms with Crippen LogP contribution in [0.3, 0.4) is 0 Å². The Hall–Kier alpha value is -12.6. The van der Waals surface area contributed by atoms with Gasteiger partial charge in [-0.2, -0.15) is 0 Å². The number of carbonyl (C=O) groups is 4. The van der Waals surface area contributed by atoms with Crippen LogP contribution in [0.25, 0.3) is 98.9 Å². The molecule has 108 heavy (non-hydrogen) atoms. The topological polar surface area (TPSA) is 361 Å². The highest BCUT2D eigenvalue weighted by molar-refractivity contribution is 6.22. The average molecular weight is 1440 g/mol. The zero-order valence-electron chi connectivity index (χ0n) is 63.8. The molecule has 0 spiro atoms. The predicted octanol–water partition coefficient (Wildman–Crippen LogP) is 18.0. The Kier molecular flexibility index (Phi) is 28.3. The number of aryl methyl sites for hydroxylation is 3. The maximum Gasteiger partial charge on any atom is 0.267 e. The number of nitrogens with zero attached hydrogens (tertiary/aromatic N) is 15. The number of ketones is 4. The normalized spacial score (nSPS) is 14.5. The minimum Gasteiger partial charge on any atom is -0.454 e. The Balaban J connectivity index is 0.000000174. The number of hydrogen-bond acceptors (Lipinski definition) is 14. The number of aromatic nitrogens is 9. The lowest BCUT2D eigenvalue weighted by Gasteiger charge is -2.25. The molecule has 0 radical (unpaired) electrons. The molecule has 3 heterocycles. The maximum atomic E-state index is 13.0. The second-order valence-electron chi connectivity index (χ2n) is 27.3. The maximum absolute atomic E-state index is 13.0. The highest BCUT2D eigenvalue weighted by Crippen LogP contribution is 2.46. The lowest BCUT2D eigenvalue weighted by molar-refractivity contribution is -0.124. The highest BCUT2D eigenvalue weighted by Gasteiger charge is 2.36. The van der Waals surface area contributed by atoms with Gasteiger partial charge in [0.05, 0.1) is 17.1 Å². The first-order valence-electron chi connectivity index (χ1n) is 36.1. The Morgan fingerprint density at radius 3 is 0.907 bits per heavy atom.